The third-order valence-electron chi connectivity index (χ3n) is 4.08. The SMILES string of the molecule is CC(CC(=O)O)(CC1CC1)N1CCCCC1. The Morgan fingerprint density at radius 3 is 2.44 bits per heavy atom. The van der Waals surface area contributed by atoms with Crippen LogP contribution in [0, 0.1) is 5.92 Å². The van der Waals surface area contributed by atoms with Crippen molar-refractivity contribution >= 4 is 5.97 Å². The van der Waals surface area contributed by atoms with Gasteiger partial charge in [-0.15, -0.1) is 0 Å². The summed E-state index contributed by atoms with van der Waals surface area (Å²) in [5, 5.41) is 9.09. The molecule has 0 aromatic rings. The lowest BCUT2D eigenvalue weighted by molar-refractivity contribution is -0.140. The summed E-state index contributed by atoms with van der Waals surface area (Å²) in [5.41, 5.74) is -0.0899. The Balaban J connectivity index is 2.00. The maximum atomic E-state index is 11.0. The van der Waals surface area contributed by atoms with Gasteiger partial charge in [0.05, 0.1) is 6.42 Å². The van der Waals surface area contributed by atoms with Crippen molar-refractivity contribution in [2.75, 3.05) is 13.1 Å². The minimum Gasteiger partial charge on any atom is -0.481 e. The molecule has 1 aliphatic carbocycles. The Morgan fingerprint density at radius 2 is 1.94 bits per heavy atom. The van der Waals surface area contributed by atoms with Crippen LogP contribution in [0.3, 0.4) is 0 Å². The maximum absolute atomic E-state index is 11.0. The van der Waals surface area contributed by atoms with E-state index in [9.17, 15) is 4.79 Å². The molecule has 0 bridgehead atoms. The number of carbonyl (C=O) groups is 1. The van der Waals surface area contributed by atoms with Crippen LogP contribution < -0.4 is 0 Å². The molecule has 2 aliphatic rings. The lowest BCUT2D eigenvalue weighted by Crippen LogP contribution is -2.50. The zero-order valence-electron chi connectivity index (χ0n) is 10.2. The number of hydrogen-bond acceptors (Lipinski definition) is 2. The second kappa shape index (κ2) is 4.74. The molecule has 2 rings (SSSR count). The maximum Gasteiger partial charge on any atom is 0.305 e. The highest BCUT2D eigenvalue weighted by Gasteiger charge is 2.39. The summed E-state index contributed by atoms with van der Waals surface area (Å²) >= 11 is 0. The van der Waals surface area contributed by atoms with E-state index in [1.807, 2.05) is 0 Å². The summed E-state index contributed by atoms with van der Waals surface area (Å²) < 4.78 is 0. The van der Waals surface area contributed by atoms with Gasteiger partial charge in [0.25, 0.3) is 0 Å². The predicted molar refractivity (Wildman–Crippen MR) is 63.4 cm³/mol. The molecule has 1 unspecified atom stereocenters. The molecule has 92 valence electrons. The van der Waals surface area contributed by atoms with Gasteiger partial charge >= 0.3 is 5.97 Å². The Morgan fingerprint density at radius 1 is 1.31 bits per heavy atom. The first-order valence-corrected chi connectivity index (χ1v) is 6.57. The number of carboxylic acids is 1. The monoisotopic (exact) mass is 225 g/mol. The second-order valence-corrected chi connectivity index (χ2v) is 5.76. The smallest absolute Gasteiger partial charge is 0.305 e. The van der Waals surface area contributed by atoms with E-state index in [2.05, 4.69) is 11.8 Å². The van der Waals surface area contributed by atoms with E-state index >= 15 is 0 Å². The lowest BCUT2D eigenvalue weighted by Gasteiger charge is -2.43. The van der Waals surface area contributed by atoms with Crippen molar-refractivity contribution in [3.63, 3.8) is 0 Å². The molecular weight excluding hydrogens is 202 g/mol. The molecule has 0 aromatic heterocycles. The molecule has 1 saturated carbocycles. The van der Waals surface area contributed by atoms with Crippen molar-refractivity contribution in [1.29, 1.82) is 0 Å². The molecule has 0 radical (unpaired) electrons. The normalized spacial score (nSPS) is 26.3. The fourth-order valence-corrected chi connectivity index (χ4v) is 3.02. The van der Waals surface area contributed by atoms with Crippen LogP contribution in [0.15, 0.2) is 0 Å². The molecule has 1 N–H and O–H groups in total. The quantitative estimate of drug-likeness (QED) is 0.781. The molecular formula is C13H23NO2. The third kappa shape index (κ3) is 2.97. The summed E-state index contributed by atoms with van der Waals surface area (Å²) in [7, 11) is 0. The number of likely N-dealkylation sites (tertiary alicyclic amines) is 1. The molecule has 1 saturated heterocycles. The molecule has 3 nitrogen and oxygen atoms in total. The van der Waals surface area contributed by atoms with Crippen LogP contribution in [0.5, 0.6) is 0 Å². The number of hydrogen-bond donors (Lipinski definition) is 1. The number of piperidine rings is 1. The number of carboxylic acid groups (broad SMARTS) is 1. The Bertz CT molecular complexity index is 257. The molecule has 1 atom stereocenters. The summed E-state index contributed by atoms with van der Waals surface area (Å²) in [6.07, 6.45) is 7.79. The van der Waals surface area contributed by atoms with Crippen LogP contribution >= 0.6 is 0 Å². The summed E-state index contributed by atoms with van der Waals surface area (Å²) in [4.78, 5) is 13.5. The number of nitrogens with zero attached hydrogens (tertiary/aromatic N) is 1. The van der Waals surface area contributed by atoms with Gasteiger partial charge in [0.15, 0.2) is 0 Å². The van der Waals surface area contributed by atoms with Gasteiger partial charge in [-0.2, -0.15) is 0 Å². The van der Waals surface area contributed by atoms with Crippen LogP contribution in [0.4, 0.5) is 0 Å². The first-order chi connectivity index (χ1) is 7.60. The molecule has 2 fully saturated rings. The first kappa shape index (κ1) is 11.9. The number of aliphatic carboxylic acids is 1. The molecule has 16 heavy (non-hydrogen) atoms. The molecule has 0 spiro atoms. The zero-order chi connectivity index (χ0) is 11.6. The molecule has 3 heteroatoms. The van der Waals surface area contributed by atoms with Crippen LogP contribution in [-0.2, 0) is 4.79 Å². The minimum absolute atomic E-state index is 0.0899. The van der Waals surface area contributed by atoms with E-state index in [-0.39, 0.29) is 5.54 Å². The molecule has 0 amide bonds. The van der Waals surface area contributed by atoms with Crippen molar-refractivity contribution in [1.82, 2.24) is 4.90 Å². The van der Waals surface area contributed by atoms with Gasteiger partial charge in [-0.05, 0) is 45.2 Å². The van der Waals surface area contributed by atoms with E-state index in [1.165, 1.54) is 32.1 Å². The topological polar surface area (TPSA) is 40.5 Å². The van der Waals surface area contributed by atoms with Gasteiger partial charge in [-0.3, -0.25) is 9.69 Å². The Hall–Kier alpha value is -0.570. The van der Waals surface area contributed by atoms with Crippen molar-refractivity contribution in [3.05, 3.63) is 0 Å². The highest BCUT2D eigenvalue weighted by molar-refractivity contribution is 5.68. The highest BCUT2D eigenvalue weighted by Crippen LogP contribution is 2.41. The standard InChI is InChI=1S/C13H23NO2/c1-13(10-12(15)16,9-11-5-6-11)14-7-3-2-4-8-14/h11H,2-10H2,1H3,(H,15,16). The van der Waals surface area contributed by atoms with Crippen molar-refractivity contribution < 1.29 is 9.90 Å². The van der Waals surface area contributed by atoms with Gasteiger partial charge in [-0.25, -0.2) is 0 Å². The van der Waals surface area contributed by atoms with Gasteiger partial charge in [0.2, 0.25) is 0 Å². The molecule has 0 aromatic carbocycles. The predicted octanol–water partition coefficient (Wildman–Crippen LogP) is 2.51. The fourth-order valence-electron chi connectivity index (χ4n) is 3.02. The van der Waals surface area contributed by atoms with Gasteiger partial charge in [0.1, 0.15) is 0 Å². The average Bonchev–Trinajstić information content (AvgIpc) is 3.02. The van der Waals surface area contributed by atoms with Crippen molar-refractivity contribution in [3.8, 4) is 0 Å². The van der Waals surface area contributed by atoms with E-state index in [1.54, 1.807) is 0 Å². The Labute approximate surface area is 97.8 Å². The van der Waals surface area contributed by atoms with Crippen LogP contribution in [0.2, 0.25) is 0 Å². The largest absolute Gasteiger partial charge is 0.481 e. The van der Waals surface area contributed by atoms with E-state index in [0.717, 1.165) is 25.4 Å². The van der Waals surface area contributed by atoms with Crippen LogP contribution in [0.1, 0.15) is 51.9 Å². The molecule has 1 heterocycles. The second-order valence-electron chi connectivity index (χ2n) is 5.76. The van der Waals surface area contributed by atoms with Gasteiger partial charge in [0, 0.05) is 5.54 Å². The molecule has 1 aliphatic heterocycles. The zero-order valence-corrected chi connectivity index (χ0v) is 10.2. The van der Waals surface area contributed by atoms with Crippen LogP contribution in [0.25, 0.3) is 0 Å². The van der Waals surface area contributed by atoms with Crippen molar-refractivity contribution in [2.45, 2.75) is 57.4 Å². The van der Waals surface area contributed by atoms with Gasteiger partial charge < -0.3 is 5.11 Å². The first-order valence-electron chi connectivity index (χ1n) is 6.57. The van der Waals surface area contributed by atoms with Gasteiger partial charge in [-0.1, -0.05) is 19.3 Å². The van der Waals surface area contributed by atoms with Crippen molar-refractivity contribution in [2.24, 2.45) is 5.92 Å². The third-order valence-corrected chi connectivity index (χ3v) is 4.08. The Kier molecular flexibility index (Phi) is 3.53. The van der Waals surface area contributed by atoms with E-state index < -0.39 is 5.97 Å². The minimum atomic E-state index is -0.645. The lowest BCUT2D eigenvalue weighted by atomic mass is 9.87. The van der Waals surface area contributed by atoms with E-state index in [0.29, 0.717) is 6.42 Å². The van der Waals surface area contributed by atoms with E-state index in [4.69, 9.17) is 5.11 Å². The highest BCUT2D eigenvalue weighted by atomic mass is 16.4. The number of rotatable bonds is 5. The van der Waals surface area contributed by atoms with Crippen LogP contribution in [-0.4, -0.2) is 34.6 Å². The summed E-state index contributed by atoms with van der Waals surface area (Å²) in [6.45, 7) is 4.34. The average molecular weight is 225 g/mol. The summed E-state index contributed by atoms with van der Waals surface area (Å²) in [6, 6.07) is 0. The summed E-state index contributed by atoms with van der Waals surface area (Å²) in [5.74, 6) is 0.153. The fraction of sp³-hybridized carbons (Fsp3) is 0.923.